The van der Waals surface area contributed by atoms with E-state index in [1.54, 1.807) is 13.1 Å². The molecule has 11 heteroatoms. The van der Waals surface area contributed by atoms with Crippen LogP contribution in [-0.4, -0.2) is 58.9 Å². The Kier molecular flexibility index (Phi) is 5.50. The van der Waals surface area contributed by atoms with Crippen molar-refractivity contribution in [2.45, 2.75) is 18.9 Å². The van der Waals surface area contributed by atoms with Crippen LogP contribution in [0.4, 0.5) is 17.3 Å². The molecule has 0 aromatic carbocycles. The van der Waals surface area contributed by atoms with Crippen LogP contribution in [0.2, 0.25) is 0 Å². The number of nitrogens with one attached hydrogen (secondary N) is 2. The standard InChI is InChI=1S/C16H21N7O4/c1-21-7-5-11(6-8-21)22(2)15-13(23(25)26)14(17-10-18-15)19-20-16(24)12-4-3-9-27-12/h3-4,9-11H,5-8H2,1-2H3,(H,20,24)(H,17,18,19). The Hall–Kier alpha value is -3.21. The third-order valence-corrected chi connectivity index (χ3v) is 4.59. The Bertz CT molecular complexity index is 803. The van der Waals surface area contributed by atoms with Gasteiger partial charge < -0.3 is 14.2 Å². The number of hydrogen-bond acceptors (Lipinski definition) is 9. The number of nitro groups is 1. The Balaban J connectivity index is 1.80. The first-order valence-electron chi connectivity index (χ1n) is 8.48. The van der Waals surface area contributed by atoms with E-state index in [0.29, 0.717) is 0 Å². The predicted octanol–water partition coefficient (Wildman–Crippen LogP) is 1.27. The lowest BCUT2D eigenvalue weighted by molar-refractivity contribution is -0.383. The molecule has 144 valence electrons. The van der Waals surface area contributed by atoms with Crippen LogP contribution in [0.5, 0.6) is 0 Å². The van der Waals surface area contributed by atoms with Crippen LogP contribution < -0.4 is 15.8 Å². The van der Waals surface area contributed by atoms with Crippen LogP contribution in [0.1, 0.15) is 23.4 Å². The maximum atomic E-state index is 12.0. The summed E-state index contributed by atoms with van der Waals surface area (Å²) >= 11 is 0. The number of carbonyl (C=O) groups excluding carboxylic acids is 1. The molecule has 0 bridgehead atoms. The topological polar surface area (TPSA) is 130 Å². The lowest BCUT2D eigenvalue weighted by atomic mass is 10.0. The fraction of sp³-hybridized carbons (Fsp3) is 0.438. The summed E-state index contributed by atoms with van der Waals surface area (Å²) in [7, 11) is 3.84. The molecule has 11 nitrogen and oxygen atoms in total. The number of carbonyl (C=O) groups is 1. The molecule has 0 radical (unpaired) electrons. The zero-order chi connectivity index (χ0) is 19.4. The average Bonchev–Trinajstić information content (AvgIpc) is 3.20. The van der Waals surface area contributed by atoms with E-state index in [1.165, 1.54) is 18.7 Å². The summed E-state index contributed by atoms with van der Waals surface area (Å²) in [6.45, 7) is 1.83. The molecular formula is C16H21N7O4. The van der Waals surface area contributed by atoms with Crippen molar-refractivity contribution in [3.8, 4) is 0 Å². The number of rotatable bonds is 6. The molecule has 1 amide bonds. The molecular weight excluding hydrogens is 354 g/mol. The van der Waals surface area contributed by atoms with Gasteiger partial charge in [-0.2, -0.15) is 0 Å². The zero-order valence-corrected chi connectivity index (χ0v) is 15.1. The summed E-state index contributed by atoms with van der Waals surface area (Å²) in [6, 6.07) is 3.18. The molecule has 1 fully saturated rings. The number of hydrogen-bond donors (Lipinski definition) is 2. The molecule has 2 aromatic rings. The van der Waals surface area contributed by atoms with Crippen molar-refractivity contribution in [2.75, 3.05) is 37.5 Å². The Morgan fingerprint density at radius 1 is 1.41 bits per heavy atom. The van der Waals surface area contributed by atoms with Gasteiger partial charge in [-0.1, -0.05) is 0 Å². The van der Waals surface area contributed by atoms with Gasteiger partial charge in [-0.15, -0.1) is 0 Å². The number of furan rings is 1. The molecule has 1 aliphatic heterocycles. The quantitative estimate of drug-likeness (QED) is 0.566. The molecule has 2 aromatic heterocycles. The highest BCUT2D eigenvalue weighted by atomic mass is 16.6. The Morgan fingerprint density at radius 3 is 2.78 bits per heavy atom. The largest absolute Gasteiger partial charge is 0.459 e. The monoisotopic (exact) mass is 375 g/mol. The summed E-state index contributed by atoms with van der Waals surface area (Å²) in [4.78, 5) is 35.1. The molecule has 27 heavy (non-hydrogen) atoms. The molecule has 0 spiro atoms. The van der Waals surface area contributed by atoms with Crippen molar-refractivity contribution in [1.82, 2.24) is 20.3 Å². The normalized spacial score (nSPS) is 15.3. The highest BCUT2D eigenvalue weighted by molar-refractivity contribution is 5.92. The van der Waals surface area contributed by atoms with E-state index in [2.05, 4.69) is 25.7 Å². The fourth-order valence-electron chi connectivity index (χ4n) is 3.03. The van der Waals surface area contributed by atoms with Crippen LogP contribution in [0, 0.1) is 10.1 Å². The highest BCUT2D eigenvalue weighted by Gasteiger charge is 2.30. The number of nitrogens with zero attached hydrogens (tertiary/aromatic N) is 5. The number of hydrazine groups is 1. The molecule has 3 rings (SSSR count). The van der Waals surface area contributed by atoms with Gasteiger partial charge in [0.1, 0.15) is 6.33 Å². The summed E-state index contributed by atoms with van der Waals surface area (Å²) < 4.78 is 4.98. The molecule has 2 N–H and O–H groups in total. The summed E-state index contributed by atoms with van der Waals surface area (Å²) in [5.74, 6) is -0.384. The van der Waals surface area contributed by atoms with E-state index < -0.39 is 10.8 Å². The highest BCUT2D eigenvalue weighted by Crippen LogP contribution is 2.33. The van der Waals surface area contributed by atoms with Crippen molar-refractivity contribution in [3.05, 3.63) is 40.6 Å². The lowest BCUT2D eigenvalue weighted by Gasteiger charge is -2.35. The van der Waals surface area contributed by atoms with Crippen molar-refractivity contribution in [2.24, 2.45) is 0 Å². The molecule has 3 heterocycles. The second-order valence-corrected chi connectivity index (χ2v) is 6.35. The van der Waals surface area contributed by atoms with Crippen molar-refractivity contribution >= 4 is 23.2 Å². The minimum absolute atomic E-state index is 0.0721. The van der Waals surface area contributed by atoms with Gasteiger partial charge in [-0.05, 0) is 45.1 Å². The second kappa shape index (κ2) is 7.99. The van der Waals surface area contributed by atoms with E-state index in [4.69, 9.17) is 4.42 Å². The van der Waals surface area contributed by atoms with Gasteiger partial charge >= 0.3 is 11.6 Å². The predicted molar refractivity (Wildman–Crippen MR) is 97.4 cm³/mol. The van der Waals surface area contributed by atoms with Crippen LogP contribution >= 0.6 is 0 Å². The number of amides is 1. The van der Waals surface area contributed by atoms with Crippen molar-refractivity contribution in [1.29, 1.82) is 0 Å². The molecule has 0 aliphatic carbocycles. The van der Waals surface area contributed by atoms with Crippen molar-refractivity contribution in [3.63, 3.8) is 0 Å². The molecule has 0 saturated carbocycles. The summed E-state index contributed by atoms with van der Waals surface area (Å²) in [6.07, 6.45) is 4.35. The van der Waals surface area contributed by atoms with Gasteiger partial charge in [-0.25, -0.2) is 9.97 Å². The first-order valence-corrected chi connectivity index (χ1v) is 8.48. The molecule has 0 unspecified atom stereocenters. The zero-order valence-electron chi connectivity index (χ0n) is 15.1. The first kappa shape index (κ1) is 18.6. The Labute approximate surface area is 155 Å². The van der Waals surface area contributed by atoms with Gasteiger partial charge in [0.25, 0.3) is 0 Å². The number of piperidine rings is 1. The average molecular weight is 375 g/mol. The molecule has 1 aliphatic rings. The number of likely N-dealkylation sites (tertiary alicyclic amines) is 1. The van der Waals surface area contributed by atoms with Crippen LogP contribution in [0.15, 0.2) is 29.1 Å². The maximum absolute atomic E-state index is 12.0. The first-order chi connectivity index (χ1) is 13.0. The fourth-order valence-corrected chi connectivity index (χ4v) is 3.03. The van der Waals surface area contributed by atoms with E-state index in [0.717, 1.165) is 25.9 Å². The maximum Gasteiger partial charge on any atom is 0.355 e. The van der Waals surface area contributed by atoms with Crippen LogP contribution in [0.25, 0.3) is 0 Å². The van der Waals surface area contributed by atoms with Crippen LogP contribution in [-0.2, 0) is 0 Å². The molecule has 1 saturated heterocycles. The third kappa shape index (κ3) is 4.14. The summed E-state index contributed by atoms with van der Waals surface area (Å²) in [5.41, 5.74) is 4.55. The molecule has 0 atom stereocenters. The minimum Gasteiger partial charge on any atom is -0.459 e. The van der Waals surface area contributed by atoms with E-state index in [1.807, 2.05) is 11.9 Å². The smallest absolute Gasteiger partial charge is 0.355 e. The number of anilines is 2. The van der Waals surface area contributed by atoms with Gasteiger partial charge in [0.2, 0.25) is 11.6 Å². The van der Waals surface area contributed by atoms with Crippen molar-refractivity contribution < 1.29 is 14.1 Å². The third-order valence-electron chi connectivity index (χ3n) is 4.59. The summed E-state index contributed by atoms with van der Waals surface area (Å²) in [5, 5.41) is 11.7. The SMILES string of the molecule is CN1CCC(N(C)c2ncnc(NNC(=O)c3ccco3)c2[N+](=O)[O-])CC1. The van der Waals surface area contributed by atoms with Gasteiger partial charge in [-0.3, -0.25) is 25.8 Å². The second-order valence-electron chi connectivity index (χ2n) is 6.35. The van der Waals surface area contributed by atoms with E-state index in [-0.39, 0.29) is 29.1 Å². The van der Waals surface area contributed by atoms with Gasteiger partial charge in [0, 0.05) is 13.1 Å². The van der Waals surface area contributed by atoms with E-state index >= 15 is 0 Å². The van der Waals surface area contributed by atoms with Gasteiger partial charge in [0.15, 0.2) is 5.76 Å². The number of aromatic nitrogens is 2. The van der Waals surface area contributed by atoms with Gasteiger partial charge in [0.05, 0.1) is 11.2 Å². The van der Waals surface area contributed by atoms with Crippen LogP contribution in [0.3, 0.4) is 0 Å². The van der Waals surface area contributed by atoms with E-state index in [9.17, 15) is 14.9 Å². The minimum atomic E-state index is -0.571. The Morgan fingerprint density at radius 2 is 2.15 bits per heavy atom. The lowest BCUT2D eigenvalue weighted by Crippen LogP contribution is -2.42.